The third-order valence-corrected chi connectivity index (χ3v) is 5.90. The lowest BCUT2D eigenvalue weighted by Crippen LogP contribution is -2.35. The van der Waals surface area contributed by atoms with E-state index >= 15 is 0 Å². The summed E-state index contributed by atoms with van der Waals surface area (Å²) in [5, 5.41) is 0. The lowest BCUT2D eigenvalue weighted by atomic mass is 9.94. The minimum absolute atomic E-state index is 0.0202. The van der Waals surface area contributed by atoms with Crippen LogP contribution in [0.25, 0.3) is 0 Å². The van der Waals surface area contributed by atoms with Gasteiger partial charge in [0.1, 0.15) is 0 Å². The summed E-state index contributed by atoms with van der Waals surface area (Å²) in [4.78, 5) is 20.9. The standard InChI is InChI=1S/C29H24N2O/c1-21-16-18-23(19-17-21)28-20-26(22-10-4-2-5-11-22)30-25-14-8-9-15-27(25)31(28)29(32)24-12-6-3-7-13-24/h2-19,28H,20H2,1H3/t28-/m0/s1. The van der Waals surface area contributed by atoms with Gasteiger partial charge < -0.3 is 0 Å². The summed E-state index contributed by atoms with van der Waals surface area (Å²) in [6.07, 6.45) is 0.625. The Morgan fingerprint density at radius 2 is 1.41 bits per heavy atom. The van der Waals surface area contributed by atoms with Crippen LogP contribution in [0.3, 0.4) is 0 Å². The van der Waals surface area contributed by atoms with Crippen molar-refractivity contribution in [3.63, 3.8) is 0 Å². The molecular weight excluding hydrogens is 392 g/mol. The second kappa shape index (κ2) is 8.64. The highest BCUT2D eigenvalue weighted by Crippen LogP contribution is 2.41. The Morgan fingerprint density at radius 3 is 2.12 bits per heavy atom. The molecular formula is C29H24N2O. The van der Waals surface area contributed by atoms with E-state index < -0.39 is 0 Å². The molecule has 0 N–H and O–H groups in total. The predicted octanol–water partition coefficient (Wildman–Crippen LogP) is 6.91. The van der Waals surface area contributed by atoms with Gasteiger partial charge in [-0.15, -0.1) is 0 Å². The molecule has 0 aliphatic carbocycles. The predicted molar refractivity (Wildman–Crippen MR) is 131 cm³/mol. The zero-order chi connectivity index (χ0) is 21.9. The molecule has 0 saturated carbocycles. The van der Waals surface area contributed by atoms with E-state index in [1.165, 1.54) is 5.56 Å². The Labute approximate surface area is 188 Å². The molecule has 5 rings (SSSR count). The van der Waals surface area contributed by atoms with Crippen molar-refractivity contribution in [1.82, 2.24) is 0 Å². The number of hydrogen-bond donors (Lipinski definition) is 0. The van der Waals surface area contributed by atoms with Crippen molar-refractivity contribution in [3.8, 4) is 0 Å². The first-order chi connectivity index (χ1) is 15.7. The topological polar surface area (TPSA) is 32.7 Å². The molecule has 4 aromatic carbocycles. The SMILES string of the molecule is Cc1ccc([C@@H]2CC(c3ccccc3)=Nc3ccccc3N2C(=O)c2ccccc2)cc1. The highest BCUT2D eigenvalue weighted by molar-refractivity contribution is 6.11. The number of hydrogen-bond acceptors (Lipinski definition) is 2. The molecule has 0 unspecified atom stereocenters. The number of rotatable bonds is 3. The summed E-state index contributed by atoms with van der Waals surface area (Å²) in [5.41, 5.74) is 6.66. The van der Waals surface area contributed by atoms with Crippen molar-refractivity contribution in [2.45, 2.75) is 19.4 Å². The molecule has 0 saturated heterocycles. The summed E-state index contributed by atoms with van der Waals surface area (Å²) in [6.45, 7) is 2.08. The van der Waals surface area contributed by atoms with Crippen LogP contribution in [0.4, 0.5) is 11.4 Å². The summed E-state index contributed by atoms with van der Waals surface area (Å²) >= 11 is 0. The third-order valence-electron chi connectivity index (χ3n) is 5.90. The van der Waals surface area contributed by atoms with Crippen molar-refractivity contribution < 1.29 is 4.79 Å². The third kappa shape index (κ3) is 3.85. The molecule has 3 heteroatoms. The van der Waals surface area contributed by atoms with E-state index in [9.17, 15) is 4.79 Å². The van der Waals surface area contributed by atoms with Gasteiger partial charge in [-0.25, -0.2) is 0 Å². The Morgan fingerprint density at radius 1 is 0.781 bits per heavy atom. The number of carbonyl (C=O) groups excluding carboxylic acids is 1. The Kier molecular flexibility index (Phi) is 5.39. The van der Waals surface area contributed by atoms with Gasteiger partial charge in [-0.05, 0) is 42.3 Å². The van der Waals surface area contributed by atoms with Crippen molar-refractivity contribution in [2.75, 3.05) is 4.90 Å². The zero-order valence-electron chi connectivity index (χ0n) is 18.0. The molecule has 1 amide bonds. The lowest BCUT2D eigenvalue weighted by Gasteiger charge is -2.32. The second-order valence-corrected chi connectivity index (χ2v) is 8.09. The quantitative estimate of drug-likeness (QED) is 0.357. The maximum atomic E-state index is 13.9. The van der Waals surface area contributed by atoms with E-state index in [0.29, 0.717) is 12.0 Å². The number of aryl methyl sites for hydroxylation is 1. The molecule has 0 aromatic heterocycles. The highest BCUT2D eigenvalue weighted by atomic mass is 16.2. The fourth-order valence-electron chi connectivity index (χ4n) is 4.23. The normalized spacial score (nSPS) is 15.5. The van der Waals surface area contributed by atoms with E-state index in [2.05, 4.69) is 43.3 Å². The number of aliphatic imine (C=N–C) groups is 1. The zero-order valence-corrected chi connectivity index (χ0v) is 18.0. The van der Waals surface area contributed by atoms with Gasteiger partial charge in [0.15, 0.2) is 0 Å². The molecule has 1 aliphatic rings. The average molecular weight is 417 g/mol. The number of amides is 1. The average Bonchev–Trinajstić information content (AvgIpc) is 3.02. The van der Waals surface area contributed by atoms with Crippen LogP contribution in [0.5, 0.6) is 0 Å². The molecule has 3 nitrogen and oxygen atoms in total. The number of benzene rings is 4. The molecule has 0 bridgehead atoms. The molecule has 156 valence electrons. The molecule has 32 heavy (non-hydrogen) atoms. The van der Waals surface area contributed by atoms with E-state index in [-0.39, 0.29) is 11.9 Å². The fourth-order valence-corrected chi connectivity index (χ4v) is 4.23. The van der Waals surface area contributed by atoms with Gasteiger partial charge in [-0.2, -0.15) is 0 Å². The summed E-state index contributed by atoms with van der Waals surface area (Å²) < 4.78 is 0. The van der Waals surface area contributed by atoms with Gasteiger partial charge in [-0.3, -0.25) is 14.7 Å². The first-order valence-electron chi connectivity index (χ1n) is 10.9. The lowest BCUT2D eigenvalue weighted by molar-refractivity contribution is 0.0977. The van der Waals surface area contributed by atoms with E-state index in [4.69, 9.17) is 4.99 Å². The van der Waals surface area contributed by atoms with Gasteiger partial charge in [0.05, 0.1) is 23.1 Å². The van der Waals surface area contributed by atoms with Crippen LogP contribution < -0.4 is 4.90 Å². The van der Waals surface area contributed by atoms with Crippen molar-refractivity contribution in [3.05, 3.63) is 131 Å². The van der Waals surface area contributed by atoms with Crippen LogP contribution in [0, 0.1) is 6.92 Å². The molecule has 1 atom stereocenters. The fraction of sp³-hybridized carbons (Fsp3) is 0.103. The molecule has 0 spiro atoms. The summed E-state index contributed by atoms with van der Waals surface area (Å²) in [5.74, 6) is -0.0202. The van der Waals surface area contributed by atoms with E-state index in [1.54, 1.807) is 0 Å². The Balaban J connectivity index is 1.70. The highest BCUT2D eigenvalue weighted by Gasteiger charge is 2.33. The Hall–Kier alpha value is -3.98. The molecule has 0 radical (unpaired) electrons. The van der Waals surface area contributed by atoms with Crippen LogP contribution in [0.1, 0.15) is 39.5 Å². The van der Waals surface area contributed by atoms with E-state index in [0.717, 1.165) is 28.2 Å². The monoisotopic (exact) mass is 416 g/mol. The molecule has 4 aromatic rings. The van der Waals surface area contributed by atoms with Gasteiger partial charge in [0.25, 0.3) is 5.91 Å². The first kappa shape index (κ1) is 20.0. The van der Waals surface area contributed by atoms with Gasteiger partial charge in [-0.1, -0.05) is 90.5 Å². The van der Waals surface area contributed by atoms with Gasteiger partial charge in [0, 0.05) is 12.0 Å². The minimum atomic E-state index is -0.175. The van der Waals surface area contributed by atoms with Crippen LogP contribution >= 0.6 is 0 Å². The molecule has 0 fully saturated rings. The van der Waals surface area contributed by atoms with Crippen LogP contribution in [-0.4, -0.2) is 11.6 Å². The minimum Gasteiger partial charge on any atom is -0.298 e. The maximum absolute atomic E-state index is 13.9. The Bertz CT molecular complexity index is 1260. The van der Waals surface area contributed by atoms with Crippen LogP contribution in [0.2, 0.25) is 0 Å². The second-order valence-electron chi connectivity index (χ2n) is 8.09. The van der Waals surface area contributed by atoms with E-state index in [1.807, 2.05) is 77.7 Å². The van der Waals surface area contributed by atoms with Crippen LogP contribution in [-0.2, 0) is 0 Å². The summed E-state index contributed by atoms with van der Waals surface area (Å²) in [7, 11) is 0. The molecule has 1 aliphatic heterocycles. The maximum Gasteiger partial charge on any atom is 0.258 e. The smallest absolute Gasteiger partial charge is 0.258 e. The van der Waals surface area contributed by atoms with Gasteiger partial charge >= 0.3 is 0 Å². The number of carbonyl (C=O) groups is 1. The number of anilines is 1. The largest absolute Gasteiger partial charge is 0.298 e. The van der Waals surface area contributed by atoms with Gasteiger partial charge in [0.2, 0.25) is 0 Å². The number of nitrogens with zero attached hydrogens (tertiary/aromatic N) is 2. The summed E-state index contributed by atoms with van der Waals surface area (Å²) in [6, 6.07) is 36.0. The molecule has 1 heterocycles. The van der Waals surface area contributed by atoms with Crippen molar-refractivity contribution in [2.24, 2.45) is 4.99 Å². The number of para-hydroxylation sites is 2. The first-order valence-corrected chi connectivity index (χ1v) is 10.9. The van der Waals surface area contributed by atoms with Crippen molar-refractivity contribution in [1.29, 1.82) is 0 Å². The van der Waals surface area contributed by atoms with Crippen LogP contribution in [0.15, 0.2) is 114 Å². The number of fused-ring (bicyclic) bond motifs is 1. The van der Waals surface area contributed by atoms with Crippen molar-refractivity contribution >= 4 is 23.0 Å².